The second-order valence-electron chi connectivity index (χ2n) is 12.9. The molecule has 3 unspecified atom stereocenters. The highest BCUT2D eigenvalue weighted by Gasteiger charge is 2.33. The van der Waals surface area contributed by atoms with Crippen LogP contribution in [0.4, 0.5) is 5.69 Å². The summed E-state index contributed by atoms with van der Waals surface area (Å²) in [4.78, 5) is 39.5. The van der Waals surface area contributed by atoms with Crippen LogP contribution in [0.25, 0.3) is 11.1 Å². The van der Waals surface area contributed by atoms with Crippen molar-refractivity contribution >= 4 is 35.1 Å². The Balaban J connectivity index is 0.972. The van der Waals surface area contributed by atoms with Crippen molar-refractivity contribution in [3.8, 4) is 28.7 Å². The molecule has 2 aliphatic rings. The summed E-state index contributed by atoms with van der Waals surface area (Å²) in [6.07, 6.45) is -0.260. The summed E-state index contributed by atoms with van der Waals surface area (Å²) in [7, 11) is 1.29. The summed E-state index contributed by atoms with van der Waals surface area (Å²) in [6.45, 7) is 0.750. The molecule has 0 saturated heterocycles. The molecule has 5 aromatic rings. The van der Waals surface area contributed by atoms with Gasteiger partial charge >= 0.3 is 5.97 Å². The molecule has 0 bridgehead atoms. The molecule has 53 heavy (non-hydrogen) atoms. The molecule has 5 aromatic carbocycles. The number of nitriles is 1. The van der Waals surface area contributed by atoms with E-state index in [0.29, 0.717) is 52.9 Å². The third-order valence-corrected chi connectivity index (χ3v) is 9.58. The van der Waals surface area contributed by atoms with Gasteiger partial charge in [-0.05, 0) is 88.3 Å². The van der Waals surface area contributed by atoms with Gasteiger partial charge in [0.2, 0.25) is 12.0 Å². The van der Waals surface area contributed by atoms with Gasteiger partial charge in [0.05, 0.1) is 30.5 Å². The fourth-order valence-corrected chi connectivity index (χ4v) is 6.68. The van der Waals surface area contributed by atoms with E-state index in [-0.39, 0.29) is 18.2 Å². The van der Waals surface area contributed by atoms with Crippen molar-refractivity contribution in [2.75, 3.05) is 12.4 Å². The number of ether oxygens (including phenoxy) is 3. The Hall–Kier alpha value is -6.15. The zero-order chi connectivity index (χ0) is 36.9. The zero-order valence-electron chi connectivity index (χ0n) is 28.7. The SMILES string of the molecule is COC(=O)C(Cc1ccc(-c2ccc(C#N)cc2)cc1)NC(=O)C1Cc2cc3c(cc2CN1)OC(c1ccc(OCc2cccc(Cl)c2)cc1)C(=O)N3. The zero-order valence-corrected chi connectivity index (χ0v) is 29.5. The van der Waals surface area contributed by atoms with Gasteiger partial charge in [0.25, 0.3) is 5.91 Å². The van der Waals surface area contributed by atoms with Gasteiger partial charge in [0.15, 0.2) is 0 Å². The molecule has 0 aliphatic carbocycles. The minimum atomic E-state index is -0.895. The summed E-state index contributed by atoms with van der Waals surface area (Å²) >= 11 is 6.07. The topological polar surface area (TPSA) is 139 Å². The van der Waals surface area contributed by atoms with Crippen molar-refractivity contribution in [2.45, 2.75) is 44.2 Å². The lowest BCUT2D eigenvalue weighted by atomic mass is 9.93. The van der Waals surface area contributed by atoms with Crippen molar-refractivity contribution in [1.82, 2.24) is 10.6 Å². The number of hydrogen-bond donors (Lipinski definition) is 3. The minimum absolute atomic E-state index is 0.242. The van der Waals surface area contributed by atoms with Crippen LogP contribution in [0.15, 0.2) is 109 Å². The molecule has 0 spiro atoms. The van der Waals surface area contributed by atoms with Crippen LogP contribution in [-0.2, 0) is 45.1 Å². The standard InChI is InChI=1S/C42H35ClN4O6/c1-51-42(50)37(18-25-5-9-28(10-6-25)29-11-7-26(22-44)8-12-29)47-40(48)36-20-31-19-35-38(21-32(31)23-45-36)53-39(41(49)46-35)30-13-15-34(16-14-30)52-24-27-3-2-4-33(43)17-27/h2-17,19,21,36-37,39,45H,18,20,23-24H2,1H3,(H,46,49)(H,47,48). The normalized spacial score (nSPS) is 16.4. The molecule has 2 aliphatic heterocycles. The van der Waals surface area contributed by atoms with Crippen LogP contribution in [0.2, 0.25) is 5.02 Å². The molecule has 2 heterocycles. The maximum atomic E-state index is 13.5. The summed E-state index contributed by atoms with van der Waals surface area (Å²) in [5.74, 6) is -0.00148. The first-order valence-corrected chi connectivity index (χ1v) is 17.5. The molecule has 0 aromatic heterocycles. The molecule has 266 valence electrons. The number of carbonyl (C=O) groups is 3. The van der Waals surface area contributed by atoms with E-state index in [9.17, 15) is 14.4 Å². The van der Waals surface area contributed by atoms with Crippen LogP contribution in [0, 0.1) is 11.3 Å². The molecule has 0 radical (unpaired) electrons. The van der Waals surface area contributed by atoms with Gasteiger partial charge < -0.3 is 30.2 Å². The fraction of sp³-hybridized carbons (Fsp3) is 0.190. The van der Waals surface area contributed by atoms with Crippen LogP contribution in [0.1, 0.15) is 39.5 Å². The molecule has 2 amide bonds. The van der Waals surface area contributed by atoms with E-state index in [4.69, 9.17) is 31.1 Å². The lowest BCUT2D eigenvalue weighted by molar-refractivity contribution is -0.145. The van der Waals surface area contributed by atoms with Crippen molar-refractivity contribution < 1.29 is 28.6 Å². The number of hydrogen-bond acceptors (Lipinski definition) is 8. The Morgan fingerprint density at radius 2 is 1.68 bits per heavy atom. The fourth-order valence-electron chi connectivity index (χ4n) is 6.47. The molecule has 3 N–H and O–H groups in total. The highest BCUT2D eigenvalue weighted by molar-refractivity contribution is 6.30. The number of benzene rings is 5. The quantitative estimate of drug-likeness (QED) is 0.140. The molecular weight excluding hydrogens is 692 g/mol. The summed E-state index contributed by atoms with van der Waals surface area (Å²) in [6, 6.07) is 34.0. The highest BCUT2D eigenvalue weighted by atomic mass is 35.5. The van der Waals surface area contributed by atoms with E-state index >= 15 is 0 Å². The molecule has 0 fully saturated rings. The average molecular weight is 727 g/mol. The predicted octanol–water partition coefficient (Wildman–Crippen LogP) is 6.44. The minimum Gasteiger partial charge on any atom is -0.489 e. The third-order valence-electron chi connectivity index (χ3n) is 9.34. The van der Waals surface area contributed by atoms with Gasteiger partial charge in [-0.15, -0.1) is 0 Å². The number of carbonyl (C=O) groups excluding carboxylic acids is 3. The lowest BCUT2D eigenvalue weighted by Crippen LogP contribution is -2.53. The van der Waals surface area contributed by atoms with Crippen molar-refractivity contribution in [3.05, 3.63) is 148 Å². The van der Waals surface area contributed by atoms with Crippen molar-refractivity contribution in [2.24, 2.45) is 0 Å². The van der Waals surface area contributed by atoms with Crippen LogP contribution in [0.3, 0.4) is 0 Å². The number of anilines is 1. The van der Waals surface area contributed by atoms with Gasteiger partial charge in [0.1, 0.15) is 24.1 Å². The van der Waals surface area contributed by atoms with Gasteiger partial charge in [-0.1, -0.05) is 72.3 Å². The number of fused-ring (bicyclic) bond motifs is 2. The Kier molecular flexibility index (Phi) is 10.4. The second-order valence-corrected chi connectivity index (χ2v) is 13.3. The lowest BCUT2D eigenvalue weighted by Gasteiger charge is -2.31. The van der Waals surface area contributed by atoms with Crippen LogP contribution >= 0.6 is 11.6 Å². The largest absolute Gasteiger partial charge is 0.489 e. The van der Waals surface area contributed by atoms with Crippen LogP contribution in [-0.4, -0.2) is 37.0 Å². The Labute approximate surface area is 311 Å². The number of methoxy groups -OCH3 is 1. The van der Waals surface area contributed by atoms with Gasteiger partial charge in [-0.2, -0.15) is 5.26 Å². The van der Waals surface area contributed by atoms with Crippen LogP contribution < -0.4 is 25.4 Å². The van der Waals surface area contributed by atoms with E-state index < -0.39 is 24.2 Å². The van der Waals surface area contributed by atoms with E-state index in [2.05, 4.69) is 22.0 Å². The smallest absolute Gasteiger partial charge is 0.328 e. The number of nitrogens with one attached hydrogen (secondary N) is 3. The van der Waals surface area contributed by atoms with Crippen LogP contribution in [0.5, 0.6) is 11.5 Å². The highest BCUT2D eigenvalue weighted by Crippen LogP contribution is 2.38. The summed E-state index contributed by atoms with van der Waals surface area (Å²) in [5, 5.41) is 18.8. The summed E-state index contributed by atoms with van der Waals surface area (Å²) < 4.78 is 17.1. The first-order chi connectivity index (χ1) is 25.8. The maximum Gasteiger partial charge on any atom is 0.328 e. The first kappa shape index (κ1) is 35.3. The number of amides is 2. The molecular formula is C42H35ClN4O6. The number of esters is 1. The van der Waals surface area contributed by atoms with E-state index in [0.717, 1.165) is 33.4 Å². The number of nitrogens with zero attached hydrogens (tertiary/aromatic N) is 1. The molecule has 3 atom stereocenters. The van der Waals surface area contributed by atoms with E-state index in [1.807, 2.05) is 72.8 Å². The maximum absolute atomic E-state index is 13.5. The molecule has 10 nitrogen and oxygen atoms in total. The molecule has 0 saturated carbocycles. The van der Waals surface area contributed by atoms with E-state index in [1.165, 1.54) is 7.11 Å². The monoisotopic (exact) mass is 726 g/mol. The van der Waals surface area contributed by atoms with Crippen molar-refractivity contribution in [1.29, 1.82) is 5.26 Å². The average Bonchev–Trinajstić information content (AvgIpc) is 3.19. The first-order valence-electron chi connectivity index (χ1n) is 17.1. The Morgan fingerprint density at radius 3 is 2.38 bits per heavy atom. The third kappa shape index (κ3) is 8.17. The second kappa shape index (κ2) is 15.6. The van der Waals surface area contributed by atoms with Gasteiger partial charge in [0, 0.05) is 23.6 Å². The molecule has 11 heteroatoms. The Morgan fingerprint density at radius 1 is 0.943 bits per heavy atom. The predicted molar refractivity (Wildman–Crippen MR) is 199 cm³/mol. The van der Waals surface area contributed by atoms with E-state index in [1.54, 1.807) is 36.4 Å². The molecule has 7 rings (SSSR count). The number of halogens is 1. The Bertz CT molecular complexity index is 2200. The van der Waals surface area contributed by atoms with Gasteiger partial charge in [-0.3, -0.25) is 9.59 Å². The summed E-state index contributed by atoms with van der Waals surface area (Å²) in [5.41, 5.74) is 7.35. The van der Waals surface area contributed by atoms with Gasteiger partial charge in [-0.25, -0.2) is 4.79 Å². The number of rotatable bonds is 10. The van der Waals surface area contributed by atoms with Crippen molar-refractivity contribution in [3.63, 3.8) is 0 Å².